The molecule has 2 amide bonds. The standard InChI is InChI=1S/C22H25FN2O4/c23-17-7-5-16(6-8-17)22(27)25(18-9-10-18)15-21(26)24(13-19-3-1-11-28-19)14-20-4-2-12-29-20/h1,3,5-8,11,18,20H,2,4,9-10,12-15H2/t20-/m0/s1. The second-order valence-electron chi connectivity index (χ2n) is 7.66. The van der Waals surface area contributed by atoms with E-state index in [2.05, 4.69) is 0 Å². The zero-order valence-electron chi connectivity index (χ0n) is 16.3. The van der Waals surface area contributed by atoms with Gasteiger partial charge in [0.1, 0.15) is 18.1 Å². The van der Waals surface area contributed by atoms with Crippen LogP contribution in [0, 0.1) is 5.82 Å². The SMILES string of the molecule is O=C(CN(C(=O)c1ccc(F)cc1)C1CC1)N(Cc1ccco1)C[C@@H]1CCCO1. The Labute approximate surface area is 169 Å². The van der Waals surface area contributed by atoms with Crippen LogP contribution in [0.25, 0.3) is 0 Å². The highest BCUT2D eigenvalue weighted by Gasteiger charge is 2.36. The molecule has 0 N–H and O–H groups in total. The smallest absolute Gasteiger partial charge is 0.254 e. The van der Waals surface area contributed by atoms with Gasteiger partial charge < -0.3 is 19.0 Å². The number of carbonyl (C=O) groups excluding carboxylic acids is 2. The number of benzene rings is 1. The van der Waals surface area contributed by atoms with E-state index < -0.39 is 5.82 Å². The Hall–Kier alpha value is -2.67. The van der Waals surface area contributed by atoms with Crippen molar-refractivity contribution in [3.05, 3.63) is 59.8 Å². The van der Waals surface area contributed by atoms with Gasteiger partial charge in [-0.2, -0.15) is 0 Å². The van der Waals surface area contributed by atoms with Crippen molar-refractivity contribution >= 4 is 11.8 Å². The Bertz CT molecular complexity index is 827. The topological polar surface area (TPSA) is 63.0 Å². The first-order chi connectivity index (χ1) is 14.1. The second-order valence-corrected chi connectivity index (χ2v) is 7.66. The maximum atomic E-state index is 13.2. The summed E-state index contributed by atoms with van der Waals surface area (Å²) < 4.78 is 24.3. The van der Waals surface area contributed by atoms with E-state index in [9.17, 15) is 14.0 Å². The highest BCUT2D eigenvalue weighted by Crippen LogP contribution is 2.28. The first-order valence-corrected chi connectivity index (χ1v) is 10.1. The molecular weight excluding hydrogens is 375 g/mol. The lowest BCUT2D eigenvalue weighted by molar-refractivity contribution is -0.134. The molecule has 1 aliphatic carbocycles. The lowest BCUT2D eigenvalue weighted by Crippen LogP contribution is -2.45. The number of hydrogen-bond acceptors (Lipinski definition) is 4. The molecule has 2 heterocycles. The number of hydrogen-bond donors (Lipinski definition) is 0. The number of rotatable bonds is 8. The van der Waals surface area contributed by atoms with E-state index in [4.69, 9.17) is 9.15 Å². The van der Waals surface area contributed by atoms with Crippen molar-refractivity contribution in [2.45, 2.75) is 44.4 Å². The number of nitrogens with zero attached hydrogens (tertiary/aromatic N) is 2. The molecule has 1 aliphatic heterocycles. The number of amides is 2. The number of furan rings is 1. The summed E-state index contributed by atoms with van der Waals surface area (Å²) in [6.45, 7) is 1.52. The van der Waals surface area contributed by atoms with Crippen LogP contribution in [-0.2, 0) is 16.1 Å². The summed E-state index contributed by atoms with van der Waals surface area (Å²) in [4.78, 5) is 29.4. The van der Waals surface area contributed by atoms with Gasteiger partial charge in [-0.1, -0.05) is 0 Å². The van der Waals surface area contributed by atoms with Gasteiger partial charge in [-0.15, -0.1) is 0 Å². The maximum absolute atomic E-state index is 13.2. The van der Waals surface area contributed by atoms with Gasteiger partial charge >= 0.3 is 0 Å². The van der Waals surface area contributed by atoms with Crippen LogP contribution >= 0.6 is 0 Å². The fourth-order valence-electron chi connectivity index (χ4n) is 3.64. The number of halogens is 1. The van der Waals surface area contributed by atoms with Crippen molar-refractivity contribution in [2.75, 3.05) is 19.7 Å². The van der Waals surface area contributed by atoms with E-state index in [1.54, 1.807) is 22.1 Å². The van der Waals surface area contributed by atoms with E-state index in [0.717, 1.165) is 25.7 Å². The summed E-state index contributed by atoms with van der Waals surface area (Å²) in [7, 11) is 0. The fourth-order valence-corrected chi connectivity index (χ4v) is 3.64. The van der Waals surface area contributed by atoms with Crippen molar-refractivity contribution in [1.29, 1.82) is 0 Å². The third kappa shape index (κ3) is 5.03. The van der Waals surface area contributed by atoms with Crippen LogP contribution in [0.1, 0.15) is 41.8 Å². The molecule has 1 aromatic heterocycles. The largest absolute Gasteiger partial charge is 0.467 e. The summed E-state index contributed by atoms with van der Waals surface area (Å²) in [6, 6.07) is 9.14. The van der Waals surface area contributed by atoms with Crippen LogP contribution < -0.4 is 0 Å². The van der Waals surface area contributed by atoms with Crippen molar-refractivity contribution in [3.63, 3.8) is 0 Å². The Kier molecular flexibility index (Phi) is 5.94. The predicted octanol–water partition coefficient (Wildman–Crippen LogP) is 3.23. The van der Waals surface area contributed by atoms with Gasteiger partial charge in [0.2, 0.25) is 5.91 Å². The van der Waals surface area contributed by atoms with Gasteiger partial charge in [-0.3, -0.25) is 9.59 Å². The Morgan fingerprint density at radius 1 is 1.10 bits per heavy atom. The lowest BCUT2D eigenvalue weighted by Gasteiger charge is -2.29. The van der Waals surface area contributed by atoms with Crippen molar-refractivity contribution in [2.24, 2.45) is 0 Å². The quantitative estimate of drug-likeness (QED) is 0.683. The van der Waals surface area contributed by atoms with Crippen LogP contribution in [-0.4, -0.2) is 53.5 Å². The summed E-state index contributed by atoms with van der Waals surface area (Å²) >= 11 is 0. The molecule has 2 aliphatic rings. The second kappa shape index (κ2) is 8.78. The van der Waals surface area contributed by atoms with Crippen molar-refractivity contribution in [1.82, 2.24) is 9.80 Å². The zero-order chi connectivity index (χ0) is 20.2. The Balaban J connectivity index is 1.47. The molecule has 7 heteroatoms. The minimum atomic E-state index is -0.392. The predicted molar refractivity (Wildman–Crippen MR) is 104 cm³/mol. The summed E-state index contributed by atoms with van der Waals surface area (Å²) in [5.41, 5.74) is 0.391. The van der Waals surface area contributed by atoms with Gasteiger partial charge in [-0.25, -0.2) is 4.39 Å². The average molecular weight is 400 g/mol. The normalized spacial score (nSPS) is 18.6. The van der Waals surface area contributed by atoms with Crippen LogP contribution in [0.15, 0.2) is 47.1 Å². The van der Waals surface area contributed by atoms with Crippen LogP contribution in [0.4, 0.5) is 4.39 Å². The summed E-state index contributed by atoms with van der Waals surface area (Å²) in [5.74, 6) is -0.0776. The van der Waals surface area contributed by atoms with E-state index in [0.29, 0.717) is 31.0 Å². The van der Waals surface area contributed by atoms with E-state index in [1.807, 2.05) is 6.07 Å². The zero-order valence-corrected chi connectivity index (χ0v) is 16.3. The van der Waals surface area contributed by atoms with E-state index >= 15 is 0 Å². The third-order valence-corrected chi connectivity index (χ3v) is 5.37. The molecule has 6 nitrogen and oxygen atoms in total. The van der Waals surface area contributed by atoms with Gasteiger partial charge in [-0.05, 0) is 62.1 Å². The minimum absolute atomic E-state index is 0.00565. The first kappa shape index (κ1) is 19.6. The summed E-state index contributed by atoms with van der Waals surface area (Å²) in [5, 5.41) is 0. The molecule has 0 radical (unpaired) electrons. The van der Waals surface area contributed by atoms with Crippen LogP contribution in [0.2, 0.25) is 0 Å². The van der Waals surface area contributed by atoms with Gasteiger partial charge in [0.25, 0.3) is 5.91 Å². The maximum Gasteiger partial charge on any atom is 0.254 e. The first-order valence-electron chi connectivity index (χ1n) is 10.1. The molecule has 0 spiro atoms. The molecule has 1 saturated heterocycles. The van der Waals surface area contributed by atoms with Gasteiger partial charge in [0, 0.05) is 24.8 Å². The van der Waals surface area contributed by atoms with Crippen molar-refractivity contribution in [3.8, 4) is 0 Å². The Morgan fingerprint density at radius 3 is 2.52 bits per heavy atom. The fraction of sp³-hybridized carbons (Fsp3) is 0.455. The highest BCUT2D eigenvalue weighted by atomic mass is 19.1. The van der Waals surface area contributed by atoms with Gasteiger partial charge in [0.15, 0.2) is 0 Å². The molecule has 0 bridgehead atoms. The molecule has 4 rings (SSSR count). The molecule has 1 aromatic carbocycles. The average Bonchev–Trinajstić information content (AvgIpc) is 3.18. The highest BCUT2D eigenvalue weighted by molar-refractivity contribution is 5.97. The Morgan fingerprint density at radius 2 is 1.90 bits per heavy atom. The molecule has 154 valence electrons. The molecule has 2 aromatic rings. The monoisotopic (exact) mass is 400 g/mol. The van der Waals surface area contributed by atoms with E-state index in [1.165, 1.54) is 24.3 Å². The van der Waals surface area contributed by atoms with Gasteiger partial charge in [0.05, 0.1) is 18.9 Å². The van der Waals surface area contributed by atoms with Crippen LogP contribution in [0.3, 0.4) is 0 Å². The number of carbonyl (C=O) groups is 2. The molecule has 29 heavy (non-hydrogen) atoms. The lowest BCUT2D eigenvalue weighted by atomic mass is 10.2. The van der Waals surface area contributed by atoms with Crippen molar-refractivity contribution < 1.29 is 23.1 Å². The molecule has 1 atom stereocenters. The van der Waals surface area contributed by atoms with E-state index in [-0.39, 0.29) is 30.5 Å². The molecule has 0 unspecified atom stereocenters. The molecule has 1 saturated carbocycles. The molecule has 2 fully saturated rings. The third-order valence-electron chi connectivity index (χ3n) is 5.37. The van der Waals surface area contributed by atoms with Crippen LogP contribution in [0.5, 0.6) is 0 Å². The molecular formula is C22H25FN2O4. The number of ether oxygens (including phenoxy) is 1. The minimum Gasteiger partial charge on any atom is -0.467 e. The summed E-state index contributed by atoms with van der Waals surface area (Å²) in [6.07, 6.45) is 5.26.